The third-order valence-corrected chi connectivity index (χ3v) is 9.17. The van der Waals surface area contributed by atoms with E-state index >= 15 is 0 Å². The summed E-state index contributed by atoms with van der Waals surface area (Å²) in [6.07, 6.45) is 28.9. The maximum absolute atomic E-state index is 12.3. The summed E-state index contributed by atoms with van der Waals surface area (Å²) < 4.78 is 0. The predicted octanol–water partition coefficient (Wildman–Crippen LogP) is 9.53. The number of carbonyl (C=O) groups excluding carboxylic acids is 3. The highest BCUT2D eigenvalue weighted by Crippen LogP contribution is 2.15. The van der Waals surface area contributed by atoms with Crippen molar-refractivity contribution in [3.8, 4) is 0 Å². The molecule has 7 N–H and O–H groups in total. The molecule has 0 saturated carbocycles. The third-order valence-electron chi connectivity index (χ3n) is 9.17. The molecule has 0 radical (unpaired) electrons. The maximum atomic E-state index is 12.3. The number of unbranched alkanes of at least 4 members (excludes halogenated alkanes) is 8. The Morgan fingerprint density at radius 3 is 1.49 bits per heavy atom. The number of rotatable bonds is 32. The van der Waals surface area contributed by atoms with Crippen molar-refractivity contribution in [1.29, 1.82) is 5.41 Å². The number of hydrogen-bond donors (Lipinski definition) is 6. The van der Waals surface area contributed by atoms with Gasteiger partial charge in [-0.25, -0.2) is 0 Å². The Bertz CT molecular complexity index is 1210. The van der Waals surface area contributed by atoms with Crippen LogP contribution in [0, 0.1) is 5.41 Å². The van der Waals surface area contributed by atoms with Crippen LogP contribution >= 0.6 is 0 Å². The fourth-order valence-corrected chi connectivity index (χ4v) is 5.71. The standard InChI is InChI=1S/C44H77N5O4/c1-35(2)21-18-24-38(5)27-19-25-36(3)22-14-15-23-37(4)26-20-28-39(6)31-32-41(50)47-33-16-10-11-17-34-48-43(52)44(53)49-42(51)30-13-9-7-8-12-29-40(45)46/h21-23,27-28,44,53H,7-20,24-26,29-34H2,1-6H3,(H3,45,46)(H,47,50)(H,48,52)(H,49,51)/b36-22+,37-23?,38-27+,39-28?. The first-order chi connectivity index (χ1) is 25.3. The molecule has 302 valence electrons. The molecule has 0 aromatic heterocycles. The van der Waals surface area contributed by atoms with E-state index in [0.29, 0.717) is 32.4 Å². The number of amides is 3. The Hall–Kier alpha value is -3.46. The van der Waals surface area contributed by atoms with Crippen molar-refractivity contribution in [2.75, 3.05) is 13.1 Å². The Labute approximate surface area is 323 Å². The molecule has 1 unspecified atom stereocenters. The van der Waals surface area contributed by atoms with E-state index < -0.39 is 12.1 Å². The molecule has 0 bridgehead atoms. The Kier molecular flexibility index (Phi) is 31.0. The van der Waals surface area contributed by atoms with Crippen LogP contribution in [0.4, 0.5) is 0 Å². The van der Waals surface area contributed by atoms with E-state index in [0.717, 1.165) is 109 Å². The normalized spacial score (nSPS) is 13.0. The summed E-state index contributed by atoms with van der Waals surface area (Å²) in [5.41, 5.74) is 12.4. The number of allylic oxidation sites excluding steroid dienone is 10. The number of nitrogens with one attached hydrogen (secondary N) is 4. The van der Waals surface area contributed by atoms with E-state index in [1.165, 1.54) is 27.9 Å². The van der Waals surface area contributed by atoms with Gasteiger partial charge in [0, 0.05) is 32.4 Å². The van der Waals surface area contributed by atoms with Gasteiger partial charge in [0.15, 0.2) is 0 Å². The lowest BCUT2D eigenvalue weighted by atomic mass is 10.0. The zero-order chi connectivity index (χ0) is 39.7. The highest BCUT2D eigenvalue weighted by Gasteiger charge is 2.16. The van der Waals surface area contributed by atoms with Crippen LogP contribution < -0.4 is 21.7 Å². The fourth-order valence-electron chi connectivity index (χ4n) is 5.71. The minimum atomic E-state index is -1.55. The summed E-state index contributed by atoms with van der Waals surface area (Å²) in [5, 5.41) is 25.2. The minimum absolute atomic E-state index is 0.0794. The van der Waals surface area contributed by atoms with E-state index in [1.807, 2.05) is 0 Å². The summed E-state index contributed by atoms with van der Waals surface area (Å²) in [5.74, 6) is -0.664. The van der Waals surface area contributed by atoms with Crippen LogP contribution in [0.5, 0.6) is 0 Å². The minimum Gasteiger partial charge on any atom is -0.388 e. The number of nitrogens with two attached hydrogens (primary N) is 1. The van der Waals surface area contributed by atoms with E-state index in [-0.39, 0.29) is 24.1 Å². The van der Waals surface area contributed by atoms with Crippen LogP contribution in [0.25, 0.3) is 0 Å². The van der Waals surface area contributed by atoms with Gasteiger partial charge in [-0.3, -0.25) is 19.8 Å². The molecule has 9 heteroatoms. The second-order valence-corrected chi connectivity index (χ2v) is 15.0. The average molecular weight is 740 g/mol. The van der Waals surface area contributed by atoms with Crippen molar-refractivity contribution in [2.45, 2.75) is 183 Å². The van der Waals surface area contributed by atoms with E-state index in [9.17, 15) is 19.5 Å². The van der Waals surface area contributed by atoms with E-state index in [2.05, 4.69) is 87.9 Å². The number of aliphatic hydroxyl groups is 1. The molecule has 0 aromatic carbocycles. The molecule has 3 amide bonds. The number of hydrogen-bond acceptors (Lipinski definition) is 5. The maximum Gasteiger partial charge on any atom is 0.269 e. The Morgan fingerprint density at radius 1 is 0.528 bits per heavy atom. The molecular weight excluding hydrogens is 663 g/mol. The molecular formula is C44H77N5O4. The summed E-state index contributed by atoms with van der Waals surface area (Å²) in [6.45, 7) is 14.2. The van der Waals surface area contributed by atoms with Crippen molar-refractivity contribution >= 4 is 23.6 Å². The van der Waals surface area contributed by atoms with Gasteiger partial charge in [-0.2, -0.15) is 0 Å². The van der Waals surface area contributed by atoms with E-state index in [1.54, 1.807) is 0 Å². The summed E-state index contributed by atoms with van der Waals surface area (Å²) in [6, 6.07) is 0. The van der Waals surface area contributed by atoms with Crippen molar-refractivity contribution in [3.63, 3.8) is 0 Å². The molecule has 0 aromatic rings. The van der Waals surface area contributed by atoms with Crippen molar-refractivity contribution < 1.29 is 19.5 Å². The molecule has 0 aliphatic carbocycles. The van der Waals surface area contributed by atoms with Gasteiger partial charge < -0.3 is 26.8 Å². The smallest absolute Gasteiger partial charge is 0.269 e. The SMILES string of the molecule is CC(C)=CCC/C(C)=C/CC/C(C)=C/CCC=C(C)CCC=C(C)CCC(=O)NCCCCCCNC(=O)C(O)NC(=O)CCCCCCCC(=N)N. The lowest BCUT2D eigenvalue weighted by Crippen LogP contribution is -2.46. The number of amidine groups is 1. The highest BCUT2D eigenvalue weighted by atomic mass is 16.3. The molecule has 0 rings (SSSR count). The van der Waals surface area contributed by atoms with Crippen LogP contribution in [0.1, 0.15) is 176 Å². The molecule has 0 spiro atoms. The second-order valence-electron chi connectivity index (χ2n) is 15.0. The topological polar surface area (TPSA) is 157 Å². The Morgan fingerprint density at radius 2 is 0.962 bits per heavy atom. The zero-order valence-electron chi connectivity index (χ0n) is 34.5. The lowest BCUT2D eigenvalue weighted by Gasteiger charge is -2.13. The van der Waals surface area contributed by atoms with Crippen LogP contribution in [-0.4, -0.2) is 48.0 Å². The molecule has 9 nitrogen and oxygen atoms in total. The molecule has 1 atom stereocenters. The number of aliphatic hydroxyl groups excluding tert-OH is 1. The first-order valence-electron chi connectivity index (χ1n) is 20.4. The summed E-state index contributed by atoms with van der Waals surface area (Å²) in [4.78, 5) is 36.3. The average Bonchev–Trinajstić information content (AvgIpc) is 3.09. The summed E-state index contributed by atoms with van der Waals surface area (Å²) in [7, 11) is 0. The molecule has 53 heavy (non-hydrogen) atoms. The van der Waals surface area contributed by atoms with Crippen molar-refractivity contribution in [2.24, 2.45) is 5.73 Å². The third kappa shape index (κ3) is 34.1. The van der Waals surface area contributed by atoms with Gasteiger partial charge in [0.2, 0.25) is 18.0 Å². The quantitative estimate of drug-likeness (QED) is 0.0133. The van der Waals surface area contributed by atoms with Crippen molar-refractivity contribution in [1.82, 2.24) is 16.0 Å². The first-order valence-corrected chi connectivity index (χ1v) is 20.4. The zero-order valence-corrected chi connectivity index (χ0v) is 34.5. The van der Waals surface area contributed by atoms with Crippen molar-refractivity contribution in [3.05, 3.63) is 58.2 Å². The fraction of sp³-hybridized carbons (Fsp3) is 0.682. The first kappa shape index (κ1) is 49.5. The van der Waals surface area contributed by atoms with Crippen LogP contribution in [0.15, 0.2) is 58.2 Å². The van der Waals surface area contributed by atoms with Crippen LogP contribution in [0.2, 0.25) is 0 Å². The molecule has 0 aliphatic rings. The van der Waals surface area contributed by atoms with Gasteiger partial charge in [-0.15, -0.1) is 0 Å². The molecule has 0 fully saturated rings. The van der Waals surface area contributed by atoms with Gasteiger partial charge in [0.25, 0.3) is 5.91 Å². The largest absolute Gasteiger partial charge is 0.388 e. The molecule has 0 aliphatic heterocycles. The van der Waals surface area contributed by atoms with Gasteiger partial charge >= 0.3 is 0 Å². The highest BCUT2D eigenvalue weighted by molar-refractivity contribution is 5.86. The summed E-state index contributed by atoms with van der Waals surface area (Å²) >= 11 is 0. The Balaban J connectivity index is 3.90. The van der Waals surface area contributed by atoms with Crippen LogP contribution in [-0.2, 0) is 14.4 Å². The monoisotopic (exact) mass is 740 g/mol. The predicted molar refractivity (Wildman–Crippen MR) is 223 cm³/mol. The van der Waals surface area contributed by atoms with Gasteiger partial charge in [-0.1, -0.05) is 90.3 Å². The number of carbonyl (C=O) groups is 3. The van der Waals surface area contributed by atoms with E-state index in [4.69, 9.17) is 11.1 Å². The second kappa shape index (κ2) is 33.1. The van der Waals surface area contributed by atoms with Gasteiger partial charge in [-0.05, 0) is 125 Å². The van der Waals surface area contributed by atoms with Gasteiger partial charge in [0.1, 0.15) is 0 Å². The van der Waals surface area contributed by atoms with Gasteiger partial charge in [0.05, 0.1) is 5.84 Å². The molecule has 0 saturated heterocycles. The lowest BCUT2D eigenvalue weighted by molar-refractivity contribution is -0.136. The molecule has 0 heterocycles. The van der Waals surface area contributed by atoms with Crippen LogP contribution in [0.3, 0.4) is 0 Å².